The van der Waals surface area contributed by atoms with Crippen molar-refractivity contribution in [3.63, 3.8) is 0 Å². The van der Waals surface area contributed by atoms with Crippen molar-refractivity contribution in [1.29, 1.82) is 0 Å². The van der Waals surface area contributed by atoms with E-state index in [1.54, 1.807) is 25.1 Å². The fourth-order valence-electron chi connectivity index (χ4n) is 3.81. The topological polar surface area (TPSA) is 58.2 Å². The van der Waals surface area contributed by atoms with E-state index in [0.29, 0.717) is 11.1 Å². The lowest BCUT2D eigenvalue weighted by molar-refractivity contribution is -0.184. The van der Waals surface area contributed by atoms with E-state index in [9.17, 15) is 27.2 Å². The molecule has 0 bridgehead atoms. The van der Waals surface area contributed by atoms with Gasteiger partial charge in [-0.15, -0.1) is 0 Å². The van der Waals surface area contributed by atoms with E-state index in [-0.39, 0.29) is 29.1 Å². The first-order valence-electron chi connectivity index (χ1n) is 9.78. The number of amides is 2. The Labute approximate surface area is 182 Å². The summed E-state index contributed by atoms with van der Waals surface area (Å²) in [6, 6.07) is 7.59. The first-order chi connectivity index (χ1) is 14.5. The van der Waals surface area contributed by atoms with Crippen LogP contribution in [0.2, 0.25) is 5.02 Å². The summed E-state index contributed by atoms with van der Waals surface area (Å²) < 4.78 is 53.0. The van der Waals surface area contributed by atoms with Crippen LogP contribution in [0, 0.1) is 17.7 Å². The molecule has 3 rings (SSSR count). The van der Waals surface area contributed by atoms with Crippen molar-refractivity contribution >= 4 is 29.1 Å². The van der Waals surface area contributed by atoms with Gasteiger partial charge in [-0.1, -0.05) is 37.9 Å². The largest absolute Gasteiger partial charge is 0.391 e. The van der Waals surface area contributed by atoms with E-state index in [2.05, 4.69) is 10.6 Å². The lowest BCUT2D eigenvalue weighted by Crippen LogP contribution is -2.30. The zero-order valence-corrected chi connectivity index (χ0v) is 17.6. The van der Waals surface area contributed by atoms with Gasteiger partial charge in [-0.2, -0.15) is 13.2 Å². The van der Waals surface area contributed by atoms with Crippen molar-refractivity contribution in [2.24, 2.45) is 11.8 Å². The summed E-state index contributed by atoms with van der Waals surface area (Å²) in [5, 5.41) is 5.58. The zero-order valence-electron chi connectivity index (χ0n) is 16.8. The van der Waals surface area contributed by atoms with Crippen molar-refractivity contribution < 1.29 is 27.2 Å². The smallest absolute Gasteiger partial charge is 0.341 e. The minimum atomic E-state index is -4.40. The van der Waals surface area contributed by atoms with Crippen LogP contribution in [-0.2, 0) is 4.79 Å². The molecule has 4 nitrogen and oxygen atoms in total. The van der Waals surface area contributed by atoms with Gasteiger partial charge in [0.05, 0.1) is 12.0 Å². The molecule has 166 valence electrons. The summed E-state index contributed by atoms with van der Waals surface area (Å²) in [6.45, 7) is 2.66. The number of fused-ring (bicyclic) bond motifs is 1. The van der Waals surface area contributed by atoms with Crippen molar-refractivity contribution in [2.45, 2.75) is 38.9 Å². The number of carbonyl (C=O) groups is 2. The number of nitrogens with one attached hydrogen (secondary N) is 2. The van der Waals surface area contributed by atoms with E-state index in [1.165, 1.54) is 18.2 Å². The summed E-state index contributed by atoms with van der Waals surface area (Å²) in [4.78, 5) is 25.0. The molecule has 2 aromatic rings. The SMILES string of the molecule is CCC(CC(=O)Nc1cccc2c1C(c1cc(F)ccc1Cl)NC2=O)C(C)C(F)(F)F. The van der Waals surface area contributed by atoms with Gasteiger partial charge in [0.2, 0.25) is 5.91 Å². The molecule has 0 saturated heterocycles. The van der Waals surface area contributed by atoms with E-state index < -0.39 is 41.7 Å². The van der Waals surface area contributed by atoms with Gasteiger partial charge in [-0.05, 0) is 36.2 Å². The molecule has 2 aromatic carbocycles. The molecule has 1 heterocycles. The van der Waals surface area contributed by atoms with Crippen LogP contribution in [-0.4, -0.2) is 18.0 Å². The fourth-order valence-corrected chi connectivity index (χ4v) is 4.04. The second kappa shape index (κ2) is 8.86. The van der Waals surface area contributed by atoms with Crippen LogP contribution in [0.5, 0.6) is 0 Å². The molecular formula is C22H21ClF4N2O2. The predicted octanol–water partition coefficient (Wildman–Crippen LogP) is 5.87. The molecule has 2 N–H and O–H groups in total. The molecule has 0 spiro atoms. The molecule has 31 heavy (non-hydrogen) atoms. The first-order valence-corrected chi connectivity index (χ1v) is 10.2. The Morgan fingerprint density at radius 1 is 1.26 bits per heavy atom. The van der Waals surface area contributed by atoms with Gasteiger partial charge in [-0.25, -0.2) is 4.39 Å². The van der Waals surface area contributed by atoms with E-state index >= 15 is 0 Å². The molecule has 9 heteroatoms. The first kappa shape index (κ1) is 23.1. The van der Waals surface area contributed by atoms with Gasteiger partial charge >= 0.3 is 6.18 Å². The molecule has 1 aliphatic rings. The highest BCUT2D eigenvalue weighted by molar-refractivity contribution is 6.31. The van der Waals surface area contributed by atoms with Gasteiger partial charge in [0.1, 0.15) is 5.82 Å². The lowest BCUT2D eigenvalue weighted by atomic mass is 9.87. The third kappa shape index (κ3) is 4.84. The maximum Gasteiger partial charge on any atom is 0.391 e. The van der Waals surface area contributed by atoms with Crippen molar-refractivity contribution in [2.75, 3.05) is 5.32 Å². The summed E-state index contributed by atoms with van der Waals surface area (Å²) in [6.07, 6.45) is -4.54. The summed E-state index contributed by atoms with van der Waals surface area (Å²) in [7, 11) is 0. The van der Waals surface area contributed by atoms with Gasteiger partial charge < -0.3 is 10.6 Å². The maximum atomic E-state index is 13.8. The Morgan fingerprint density at radius 2 is 1.97 bits per heavy atom. The normalized spacial score (nSPS) is 17.6. The number of rotatable bonds is 6. The zero-order chi connectivity index (χ0) is 22.9. The number of anilines is 1. The molecule has 0 aliphatic carbocycles. The van der Waals surface area contributed by atoms with Crippen LogP contribution in [0.4, 0.5) is 23.2 Å². The number of halogens is 5. The van der Waals surface area contributed by atoms with E-state index in [0.717, 1.165) is 6.92 Å². The minimum Gasteiger partial charge on any atom is -0.341 e. The van der Waals surface area contributed by atoms with Crippen molar-refractivity contribution in [3.05, 3.63) is 63.9 Å². The van der Waals surface area contributed by atoms with Gasteiger partial charge in [-0.3, -0.25) is 9.59 Å². The van der Waals surface area contributed by atoms with Crippen LogP contribution >= 0.6 is 11.6 Å². The van der Waals surface area contributed by atoms with Crippen LogP contribution in [0.3, 0.4) is 0 Å². The highest BCUT2D eigenvalue weighted by atomic mass is 35.5. The number of hydrogen-bond acceptors (Lipinski definition) is 2. The maximum absolute atomic E-state index is 13.8. The van der Waals surface area contributed by atoms with Gasteiger partial charge in [0.15, 0.2) is 0 Å². The number of alkyl halides is 3. The monoisotopic (exact) mass is 456 g/mol. The fraction of sp³-hybridized carbons (Fsp3) is 0.364. The summed E-state index contributed by atoms with van der Waals surface area (Å²) in [5.74, 6) is -4.08. The second-order valence-electron chi connectivity index (χ2n) is 7.59. The molecule has 0 aromatic heterocycles. The molecule has 0 saturated carbocycles. The molecular weight excluding hydrogens is 436 g/mol. The number of carbonyl (C=O) groups excluding carboxylic acids is 2. The Balaban J connectivity index is 1.90. The Kier molecular flexibility index (Phi) is 6.59. The van der Waals surface area contributed by atoms with Crippen LogP contribution in [0.15, 0.2) is 36.4 Å². The van der Waals surface area contributed by atoms with Gasteiger partial charge in [0, 0.05) is 33.8 Å². The molecule has 2 amide bonds. The Hall–Kier alpha value is -2.61. The van der Waals surface area contributed by atoms with Crippen LogP contribution < -0.4 is 10.6 Å². The Bertz CT molecular complexity index is 1010. The molecule has 3 unspecified atom stereocenters. The average Bonchev–Trinajstić information content (AvgIpc) is 3.04. The van der Waals surface area contributed by atoms with E-state index in [4.69, 9.17) is 11.6 Å². The van der Waals surface area contributed by atoms with Crippen molar-refractivity contribution in [1.82, 2.24) is 5.32 Å². The Morgan fingerprint density at radius 3 is 2.61 bits per heavy atom. The quantitative estimate of drug-likeness (QED) is 0.534. The number of benzene rings is 2. The standard InChI is InChI=1S/C22H21ClF4N2O2/c1-3-12(11(2)22(25,26)27)9-18(30)28-17-6-4-5-14-19(17)20(29-21(14)31)15-10-13(24)7-8-16(15)23/h4-8,10-12,20H,3,9H2,1-2H3,(H,28,30)(H,29,31). The molecule has 0 fully saturated rings. The predicted molar refractivity (Wildman–Crippen MR) is 109 cm³/mol. The highest BCUT2D eigenvalue weighted by Crippen LogP contribution is 2.40. The lowest BCUT2D eigenvalue weighted by Gasteiger charge is -2.25. The average molecular weight is 457 g/mol. The van der Waals surface area contributed by atoms with Crippen LogP contribution in [0.1, 0.15) is 54.2 Å². The summed E-state index contributed by atoms with van der Waals surface area (Å²) >= 11 is 6.20. The van der Waals surface area contributed by atoms with E-state index in [1.807, 2.05) is 0 Å². The third-order valence-electron chi connectivity index (χ3n) is 5.65. The van der Waals surface area contributed by atoms with Crippen LogP contribution in [0.25, 0.3) is 0 Å². The van der Waals surface area contributed by atoms with Gasteiger partial charge in [0.25, 0.3) is 5.91 Å². The molecule has 3 atom stereocenters. The minimum absolute atomic E-state index is 0.183. The second-order valence-corrected chi connectivity index (χ2v) is 8.00. The summed E-state index contributed by atoms with van der Waals surface area (Å²) in [5.41, 5.74) is 1.25. The molecule has 1 aliphatic heterocycles. The third-order valence-corrected chi connectivity index (χ3v) is 6.00. The molecule has 0 radical (unpaired) electrons. The van der Waals surface area contributed by atoms with Crippen molar-refractivity contribution in [3.8, 4) is 0 Å². The number of hydrogen-bond donors (Lipinski definition) is 2. The highest BCUT2D eigenvalue weighted by Gasteiger charge is 2.41.